The Morgan fingerprint density at radius 3 is 2.67 bits per heavy atom. The lowest BCUT2D eigenvalue weighted by Gasteiger charge is -2.09. The highest BCUT2D eigenvalue weighted by Gasteiger charge is 2.21. The Morgan fingerprint density at radius 1 is 1.33 bits per heavy atom. The molecule has 0 radical (unpaired) electrons. The monoisotopic (exact) mass is 246 g/mol. The predicted molar refractivity (Wildman–Crippen MR) is 71.2 cm³/mol. The van der Waals surface area contributed by atoms with Gasteiger partial charge in [0.2, 0.25) is 6.79 Å². The molecular weight excluding hydrogens is 228 g/mol. The van der Waals surface area contributed by atoms with Gasteiger partial charge in [-0.3, -0.25) is 0 Å². The summed E-state index contributed by atoms with van der Waals surface area (Å²) in [6.07, 6.45) is 0. The molecule has 2 aromatic rings. The van der Waals surface area contributed by atoms with E-state index in [4.69, 9.17) is 15.2 Å². The van der Waals surface area contributed by atoms with Crippen LogP contribution in [0.2, 0.25) is 0 Å². The standard InChI is InChI=1S/C14H18N2O2/c1-8(6-15)14-9(2)16(3)11-5-13-12(4-10(11)14)17-7-18-13/h4-5,8H,6-7,15H2,1-3H3. The van der Waals surface area contributed by atoms with Crippen LogP contribution in [0.3, 0.4) is 0 Å². The Bertz CT molecular complexity index is 616. The van der Waals surface area contributed by atoms with Crippen molar-refractivity contribution in [3.63, 3.8) is 0 Å². The summed E-state index contributed by atoms with van der Waals surface area (Å²) in [5, 5.41) is 1.22. The van der Waals surface area contributed by atoms with Crippen molar-refractivity contribution in [2.45, 2.75) is 19.8 Å². The van der Waals surface area contributed by atoms with Crippen LogP contribution in [0.4, 0.5) is 0 Å². The molecule has 1 aliphatic heterocycles. The summed E-state index contributed by atoms with van der Waals surface area (Å²) in [5.41, 5.74) is 9.56. The average molecular weight is 246 g/mol. The second-order valence-electron chi connectivity index (χ2n) is 4.92. The molecule has 0 aliphatic carbocycles. The molecule has 1 atom stereocenters. The summed E-state index contributed by atoms with van der Waals surface area (Å²) in [6.45, 7) is 5.25. The summed E-state index contributed by atoms with van der Waals surface area (Å²) in [5.74, 6) is 2.00. The highest BCUT2D eigenvalue weighted by atomic mass is 16.7. The minimum absolute atomic E-state index is 0.312. The molecule has 0 fully saturated rings. The van der Waals surface area contributed by atoms with Crippen LogP contribution in [-0.2, 0) is 7.05 Å². The van der Waals surface area contributed by atoms with Crippen LogP contribution in [0.5, 0.6) is 11.5 Å². The molecule has 1 unspecified atom stereocenters. The third-order valence-corrected chi connectivity index (χ3v) is 3.88. The molecule has 0 spiro atoms. The van der Waals surface area contributed by atoms with E-state index in [9.17, 15) is 0 Å². The van der Waals surface area contributed by atoms with E-state index in [1.807, 2.05) is 0 Å². The molecule has 0 amide bonds. The largest absolute Gasteiger partial charge is 0.454 e. The molecule has 4 nitrogen and oxygen atoms in total. The van der Waals surface area contributed by atoms with Crippen LogP contribution in [-0.4, -0.2) is 17.9 Å². The van der Waals surface area contributed by atoms with Gasteiger partial charge < -0.3 is 19.8 Å². The van der Waals surface area contributed by atoms with Crippen LogP contribution in [0.15, 0.2) is 12.1 Å². The highest BCUT2D eigenvalue weighted by Crippen LogP contribution is 2.40. The third-order valence-electron chi connectivity index (χ3n) is 3.88. The molecule has 2 N–H and O–H groups in total. The number of nitrogens with two attached hydrogens (primary N) is 1. The molecule has 1 aliphatic rings. The SMILES string of the molecule is Cc1c(C(C)CN)c2cc3c(cc2n1C)OCO3. The summed E-state index contributed by atoms with van der Waals surface area (Å²) in [4.78, 5) is 0. The van der Waals surface area contributed by atoms with E-state index in [2.05, 4.69) is 37.6 Å². The zero-order valence-corrected chi connectivity index (χ0v) is 11.0. The fourth-order valence-electron chi connectivity index (χ4n) is 2.72. The van der Waals surface area contributed by atoms with Gasteiger partial charge in [-0.1, -0.05) is 6.92 Å². The lowest BCUT2D eigenvalue weighted by molar-refractivity contribution is 0.174. The summed E-state index contributed by atoms with van der Waals surface area (Å²) < 4.78 is 13.1. The topological polar surface area (TPSA) is 49.4 Å². The smallest absolute Gasteiger partial charge is 0.231 e. The number of fused-ring (bicyclic) bond motifs is 2. The van der Waals surface area contributed by atoms with E-state index >= 15 is 0 Å². The summed E-state index contributed by atoms with van der Waals surface area (Å²) in [7, 11) is 2.08. The number of hydrogen-bond donors (Lipinski definition) is 1. The minimum Gasteiger partial charge on any atom is -0.454 e. The van der Waals surface area contributed by atoms with E-state index < -0.39 is 0 Å². The third kappa shape index (κ3) is 1.42. The van der Waals surface area contributed by atoms with Crippen molar-refractivity contribution in [2.24, 2.45) is 12.8 Å². The molecule has 1 aromatic carbocycles. The maximum absolute atomic E-state index is 5.82. The second-order valence-corrected chi connectivity index (χ2v) is 4.92. The molecule has 0 saturated carbocycles. The van der Waals surface area contributed by atoms with Crippen molar-refractivity contribution >= 4 is 10.9 Å². The van der Waals surface area contributed by atoms with Gasteiger partial charge in [0.25, 0.3) is 0 Å². The predicted octanol–water partition coefficient (Wildman–Crippen LogP) is 2.28. The van der Waals surface area contributed by atoms with Crippen molar-refractivity contribution in [1.82, 2.24) is 4.57 Å². The Balaban J connectivity index is 2.32. The number of aromatic nitrogens is 1. The Hall–Kier alpha value is -1.68. The first-order valence-corrected chi connectivity index (χ1v) is 6.22. The fourth-order valence-corrected chi connectivity index (χ4v) is 2.72. The van der Waals surface area contributed by atoms with E-state index in [-0.39, 0.29) is 0 Å². The van der Waals surface area contributed by atoms with E-state index in [1.165, 1.54) is 22.2 Å². The van der Waals surface area contributed by atoms with Crippen LogP contribution in [0, 0.1) is 6.92 Å². The fraction of sp³-hybridized carbons (Fsp3) is 0.429. The van der Waals surface area contributed by atoms with Crippen molar-refractivity contribution in [1.29, 1.82) is 0 Å². The van der Waals surface area contributed by atoms with Crippen LogP contribution >= 0.6 is 0 Å². The van der Waals surface area contributed by atoms with Crippen molar-refractivity contribution < 1.29 is 9.47 Å². The zero-order chi connectivity index (χ0) is 12.9. The summed E-state index contributed by atoms with van der Waals surface area (Å²) in [6, 6.07) is 4.13. The number of ether oxygens (including phenoxy) is 2. The van der Waals surface area contributed by atoms with E-state index in [1.54, 1.807) is 0 Å². The van der Waals surface area contributed by atoms with Gasteiger partial charge in [-0.25, -0.2) is 0 Å². The number of nitrogens with zero attached hydrogens (tertiary/aromatic N) is 1. The molecule has 0 saturated heterocycles. The molecule has 4 heteroatoms. The maximum Gasteiger partial charge on any atom is 0.231 e. The highest BCUT2D eigenvalue weighted by molar-refractivity contribution is 5.89. The maximum atomic E-state index is 5.82. The normalized spacial score (nSPS) is 15.3. The molecule has 96 valence electrons. The van der Waals surface area contributed by atoms with Gasteiger partial charge in [0.15, 0.2) is 11.5 Å². The van der Waals surface area contributed by atoms with Gasteiger partial charge in [0, 0.05) is 24.2 Å². The molecule has 0 bridgehead atoms. The first kappa shape index (κ1) is 11.4. The number of benzene rings is 1. The van der Waals surface area contributed by atoms with Gasteiger partial charge >= 0.3 is 0 Å². The second kappa shape index (κ2) is 3.92. The summed E-state index contributed by atoms with van der Waals surface area (Å²) >= 11 is 0. The van der Waals surface area contributed by atoms with E-state index in [0.29, 0.717) is 19.3 Å². The first-order valence-electron chi connectivity index (χ1n) is 6.22. The van der Waals surface area contributed by atoms with E-state index in [0.717, 1.165) is 11.5 Å². The quantitative estimate of drug-likeness (QED) is 0.884. The van der Waals surface area contributed by atoms with Crippen LogP contribution in [0.1, 0.15) is 24.1 Å². The Labute approximate surface area is 106 Å². The number of hydrogen-bond acceptors (Lipinski definition) is 3. The van der Waals surface area contributed by atoms with Gasteiger partial charge in [-0.2, -0.15) is 0 Å². The molecule has 18 heavy (non-hydrogen) atoms. The van der Waals surface area contributed by atoms with Crippen molar-refractivity contribution in [3.8, 4) is 11.5 Å². The lowest BCUT2D eigenvalue weighted by Crippen LogP contribution is -2.10. The molecule has 3 rings (SSSR count). The first-order chi connectivity index (χ1) is 8.63. The number of aryl methyl sites for hydroxylation is 1. The van der Waals surface area contributed by atoms with Gasteiger partial charge in [0.1, 0.15) is 0 Å². The Kier molecular flexibility index (Phi) is 2.48. The van der Waals surface area contributed by atoms with Crippen LogP contribution < -0.4 is 15.2 Å². The average Bonchev–Trinajstić information content (AvgIpc) is 2.91. The molecule has 1 aromatic heterocycles. The lowest BCUT2D eigenvalue weighted by atomic mass is 9.98. The van der Waals surface area contributed by atoms with Gasteiger partial charge in [-0.05, 0) is 31.0 Å². The minimum atomic E-state index is 0.312. The molecule has 2 heterocycles. The van der Waals surface area contributed by atoms with Crippen molar-refractivity contribution in [3.05, 3.63) is 23.4 Å². The van der Waals surface area contributed by atoms with Crippen LogP contribution in [0.25, 0.3) is 10.9 Å². The zero-order valence-electron chi connectivity index (χ0n) is 11.0. The van der Waals surface area contributed by atoms with Gasteiger partial charge in [0.05, 0.1) is 5.52 Å². The van der Waals surface area contributed by atoms with Crippen molar-refractivity contribution in [2.75, 3.05) is 13.3 Å². The van der Waals surface area contributed by atoms with Gasteiger partial charge in [-0.15, -0.1) is 0 Å². The number of rotatable bonds is 2. The molecular formula is C14H18N2O2. The Morgan fingerprint density at radius 2 is 2.00 bits per heavy atom.